The summed E-state index contributed by atoms with van der Waals surface area (Å²) in [6, 6.07) is 7.24. The van der Waals surface area contributed by atoms with E-state index in [2.05, 4.69) is 5.32 Å². The van der Waals surface area contributed by atoms with E-state index in [1.165, 1.54) is 41.7 Å². The molecule has 0 aliphatic carbocycles. The average molecular weight is 399 g/mol. The number of ether oxygens (including phenoxy) is 1. The molecule has 0 radical (unpaired) electrons. The van der Waals surface area contributed by atoms with Crippen LogP contribution in [0.1, 0.15) is 33.3 Å². The first-order valence-corrected chi connectivity index (χ1v) is 9.04. The number of hydrogen-bond acceptors (Lipinski definition) is 7. The van der Waals surface area contributed by atoms with E-state index in [-0.39, 0.29) is 23.4 Å². The quantitative estimate of drug-likeness (QED) is 0.258. The summed E-state index contributed by atoms with van der Waals surface area (Å²) in [4.78, 5) is 35.7. The summed E-state index contributed by atoms with van der Waals surface area (Å²) in [5.41, 5.74) is 1.14. The number of nitriles is 1. The third-order valence-corrected chi connectivity index (χ3v) is 4.99. The van der Waals surface area contributed by atoms with Crippen LogP contribution in [0, 0.1) is 35.3 Å². The number of esters is 1. The number of carbonyl (C=O) groups excluding carboxylic acids is 2. The molecule has 2 aromatic rings. The minimum atomic E-state index is -0.687. The van der Waals surface area contributed by atoms with E-state index in [0.717, 1.165) is 4.88 Å². The number of nitrogens with zero attached hydrogens (tertiary/aromatic N) is 2. The van der Waals surface area contributed by atoms with Crippen LogP contribution in [-0.4, -0.2) is 23.4 Å². The molecule has 2 rings (SSSR count). The molecule has 0 spiro atoms. The lowest BCUT2D eigenvalue weighted by molar-refractivity contribution is -0.384. The second kappa shape index (κ2) is 8.92. The van der Waals surface area contributed by atoms with Crippen LogP contribution < -0.4 is 5.32 Å². The number of hydrogen-bond donors (Lipinski definition) is 1. The monoisotopic (exact) mass is 399 g/mol. The Labute approximate surface area is 165 Å². The summed E-state index contributed by atoms with van der Waals surface area (Å²) >= 11 is 1.22. The van der Waals surface area contributed by atoms with Gasteiger partial charge in [0.15, 0.2) is 0 Å². The number of carbonyl (C=O) groups is 2. The predicted octanol–water partition coefficient (Wildman–Crippen LogP) is 4.00. The molecule has 1 heterocycles. The Kier molecular flexibility index (Phi) is 6.63. The molecule has 0 atom stereocenters. The molecule has 1 aromatic carbocycles. The van der Waals surface area contributed by atoms with Crippen molar-refractivity contribution in [3.05, 3.63) is 61.5 Å². The molecule has 0 saturated heterocycles. The Hall–Kier alpha value is -3.51. The number of rotatable bonds is 6. The summed E-state index contributed by atoms with van der Waals surface area (Å²) in [7, 11) is 0. The van der Waals surface area contributed by atoms with Gasteiger partial charge < -0.3 is 10.1 Å². The first kappa shape index (κ1) is 20.8. The normalized spacial score (nSPS) is 10.9. The molecule has 0 unspecified atom stereocenters. The smallest absolute Gasteiger partial charge is 0.341 e. The van der Waals surface area contributed by atoms with Gasteiger partial charge in [-0.2, -0.15) is 5.26 Å². The Bertz CT molecular complexity index is 1000. The van der Waals surface area contributed by atoms with Gasteiger partial charge in [-0.1, -0.05) is 0 Å². The molecular formula is C19H17N3O5S. The highest BCUT2D eigenvalue weighted by Gasteiger charge is 2.23. The van der Waals surface area contributed by atoms with E-state index in [4.69, 9.17) is 4.74 Å². The van der Waals surface area contributed by atoms with Crippen molar-refractivity contribution in [2.75, 3.05) is 11.9 Å². The zero-order chi connectivity index (χ0) is 20.8. The average Bonchev–Trinajstić information content (AvgIpc) is 2.93. The zero-order valence-electron chi connectivity index (χ0n) is 15.4. The summed E-state index contributed by atoms with van der Waals surface area (Å²) in [6.07, 6.45) is 1.32. The zero-order valence-corrected chi connectivity index (χ0v) is 16.3. The maximum Gasteiger partial charge on any atom is 0.341 e. The van der Waals surface area contributed by atoms with Crippen LogP contribution in [0.15, 0.2) is 29.8 Å². The van der Waals surface area contributed by atoms with Gasteiger partial charge in [-0.3, -0.25) is 14.9 Å². The first-order chi connectivity index (χ1) is 13.3. The van der Waals surface area contributed by atoms with Crippen molar-refractivity contribution >= 4 is 40.0 Å². The van der Waals surface area contributed by atoms with Crippen molar-refractivity contribution in [2.24, 2.45) is 0 Å². The van der Waals surface area contributed by atoms with Gasteiger partial charge in [-0.05, 0) is 50.1 Å². The molecule has 9 heteroatoms. The summed E-state index contributed by atoms with van der Waals surface area (Å²) in [5.74, 6) is -1.23. The van der Waals surface area contributed by atoms with Gasteiger partial charge in [0.2, 0.25) is 0 Å². The van der Waals surface area contributed by atoms with Crippen molar-refractivity contribution in [3.63, 3.8) is 0 Å². The van der Waals surface area contributed by atoms with E-state index < -0.39 is 16.8 Å². The number of aryl methyl sites for hydroxylation is 1. The lowest BCUT2D eigenvalue weighted by Crippen LogP contribution is -2.16. The molecule has 0 aliphatic heterocycles. The van der Waals surface area contributed by atoms with Gasteiger partial charge in [-0.25, -0.2) is 4.79 Å². The van der Waals surface area contributed by atoms with E-state index in [1.807, 2.05) is 6.92 Å². The Morgan fingerprint density at radius 2 is 1.96 bits per heavy atom. The summed E-state index contributed by atoms with van der Waals surface area (Å²) < 4.78 is 5.04. The highest BCUT2D eigenvalue weighted by atomic mass is 32.1. The Morgan fingerprint density at radius 3 is 2.50 bits per heavy atom. The standard InChI is InChI=1S/C19H17N3O5S/c1-4-27-19(24)16-11(2)12(3)28-18(16)21-17(23)14(10-20)9-13-5-7-15(8-6-13)22(25)26/h5-9H,4H2,1-3H3,(H,21,23)/b14-9+. The minimum absolute atomic E-state index is 0.0938. The maximum atomic E-state index is 12.5. The topological polar surface area (TPSA) is 122 Å². The van der Waals surface area contributed by atoms with Crippen molar-refractivity contribution in [3.8, 4) is 6.07 Å². The lowest BCUT2D eigenvalue weighted by atomic mass is 10.1. The van der Waals surface area contributed by atoms with Gasteiger partial charge >= 0.3 is 5.97 Å². The van der Waals surface area contributed by atoms with Crippen LogP contribution in [0.25, 0.3) is 6.08 Å². The summed E-state index contributed by atoms with van der Waals surface area (Å²) in [5, 5.41) is 22.9. The highest BCUT2D eigenvalue weighted by molar-refractivity contribution is 7.16. The van der Waals surface area contributed by atoms with Gasteiger partial charge in [0.05, 0.1) is 17.1 Å². The van der Waals surface area contributed by atoms with Crippen molar-refractivity contribution in [1.29, 1.82) is 5.26 Å². The number of amides is 1. The molecule has 1 amide bonds. The van der Waals surface area contributed by atoms with E-state index in [0.29, 0.717) is 16.1 Å². The Morgan fingerprint density at radius 1 is 1.32 bits per heavy atom. The number of non-ortho nitro benzene ring substituents is 1. The van der Waals surface area contributed by atoms with Gasteiger partial charge in [0, 0.05) is 17.0 Å². The second-order valence-electron chi connectivity index (χ2n) is 5.68. The van der Waals surface area contributed by atoms with E-state index >= 15 is 0 Å². The van der Waals surface area contributed by atoms with Gasteiger partial charge in [0.1, 0.15) is 16.6 Å². The van der Waals surface area contributed by atoms with E-state index in [1.54, 1.807) is 19.9 Å². The fourth-order valence-electron chi connectivity index (χ4n) is 2.34. The minimum Gasteiger partial charge on any atom is -0.462 e. The Balaban J connectivity index is 2.30. The third kappa shape index (κ3) is 4.61. The fraction of sp³-hybridized carbons (Fsp3) is 0.211. The lowest BCUT2D eigenvalue weighted by Gasteiger charge is -2.06. The van der Waals surface area contributed by atoms with Crippen LogP contribution >= 0.6 is 11.3 Å². The summed E-state index contributed by atoms with van der Waals surface area (Å²) in [6.45, 7) is 5.46. The molecule has 144 valence electrons. The SMILES string of the molecule is CCOC(=O)c1c(NC(=O)/C(C#N)=C/c2ccc([N+](=O)[O-])cc2)sc(C)c1C. The van der Waals surface area contributed by atoms with Crippen molar-refractivity contribution in [1.82, 2.24) is 0 Å². The number of nitro groups is 1. The van der Waals surface area contributed by atoms with Crippen molar-refractivity contribution < 1.29 is 19.2 Å². The maximum absolute atomic E-state index is 12.5. The number of nitro benzene ring substituents is 1. The van der Waals surface area contributed by atoms with Crippen LogP contribution in [0.5, 0.6) is 0 Å². The largest absolute Gasteiger partial charge is 0.462 e. The van der Waals surface area contributed by atoms with Crippen LogP contribution in [0.3, 0.4) is 0 Å². The molecular weight excluding hydrogens is 382 g/mol. The molecule has 0 bridgehead atoms. The molecule has 0 aliphatic rings. The predicted molar refractivity (Wildman–Crippen MR) is 105 cm³/mol. The van der Waals surface area contributed by atoms with Gasteiger partial charge in [-0.15, -0.1) is 11.3 Å². The van der Waals surface area contributed by atoms with Crippen LogP contribution in [-0.2, 0) is 9.53 Å². The fourth-order valence-corrected chi connectivity index (χ4v) is 3.39. The number of nitrogens with one attached hydrogen (secondary N) is 1. The van der Waals surface area contributed by atoms with Gasteiger partial charge in [0.25, 0.3) is 11.6 Å². The molecule has 8 nitrogen and oxygen atoms in total. The number of benzene rings is 1. The third-order valence-electron chi connectivity index (χ3n) is 3.87. The molecule has 1 aromatic heterocycles. The second-order valence-corrected chi connectivity index (χ2v) is 6.91. The number of anilines is 1. The highest BCUT2D eigenvalue weighted by Crippen LogP contribution is 2.33. The van der Waals surface area contributed by atoms with E-state index in [9.17, 15) is 25.0 Å². The first-order valence-electron chi connectivity index (χ1n) is 8.23. The molecule has 1 N–H and O–H groups in total. The van der Waals surface area contributed by atoms with Crippen LogP contribution in [0.2, 0.25) is 0 Å². The van der Waals surface area contributed by atoms with Crippen molar-refractivity contribution in [2.45, 2.75) is 20.8 Å². The number of thiophene rings is 1. The molecule has 0 saturated carbocycles. The molecule has 0 fully saturated rings. The van der Waals surface area contributed by atoms with Crippen LogP contribution in [0.4, 0.5) is 10.7 Å². The molecule has 28 heavy (non-hydrogen) atoms.